The van der Waals surface area contributed by atoms with Gasteiger partial charge >= 0.3 is 11.7 Å². The van der Waals surface area contributed by atoms with Crippen molar-refractivity contribution in [2.24, 2.45) is 0 Å². The summed E-state index contributed by atoms with van der Waals surface area (Å²) >= 11 is 3.06. The molecule has 0 spiro atoms. The van der Waals surface area contributed by atoms with E-state index in [9.17, 15) is 19.3 Å². The second-order valence-electron chi connectivity index (χ2n) is 5.44. The number of carbonyl (C=O) groups excluding carboxylic acids is 1. The number of anilines is 1. The number of nitro groups is 1. The largest absolute Gasteiger partial charge is 0.328 e. The van der Waals surface area contributed by atoms with Gasteiger partial charge in [-0.25, -0.2) is 19.7 Å². The summed E-state index contributed by atoms with van der Waals surface area (Å²) in [6.07, 6.45) is 4.37. The molecule has 1 atom stereocenters. The van der Waals surface area contributed by atoms with Gasteiger partial charge in [0.25, 0.3) is 5.95 Å². The maximum atomic E-state index is 13.6. The number of aromatic nitrogens is 5. The molecule has 11 nitrogen and oxygen atoms in total. The Balaban J connectivity index is 1.75. The minimum Gasteiger partial charge on any atom is -0.328 e. The minimum absolute atomic E-state index is 0.0330. The smallest absolute Gasteiger partial charge is 0.319 e. The molecule has 144 valence electrons. The van der Waals surface area contributed by atoms with Crippen LogP contribution in [-0.2, 0) is 0 Å². The summed E-state index contributed by atoms with van der Waals surface area (Å²) in [5.74, 6) is -0.376. The highest BCUT2D eigenvalue weighted by molar-refractivity contribution is 9.10. The van der Waals surface area contributed by atoms with Gasteiger partial charge in [-0.1, -0.05) is 0 Å². The fraction of sp³-hybridized carbons (Fsp3) is 0.133. The second-order valence-corrected chi connectivity index (χ2v) is 6.29. The van der Waals surface area contributed by atoms with E-state index in [0.717, 1.165) is 12.1 Å². The quantitative estimate of drug-likeness (QED) is 0.449. The molecule has 0 aliphatic carbocycles. The number of urea groups is 1. The average Bonchev–Trinajstić information content (AvgIpc) is 3.14. The van der Waals surface area contributed by atoms with Crippen LogP contribution < -0.4 is 10.6 Å². The molecular formula is C15H12BrFN8O3. The van der Waals surface area contributed by atoms with Crippen LogP contribution in [0.2, 0.25) is 0 Å². The van der Waals surface area contributed by atoms with Crippen molar-refractivity contribution in [3.63, 3.8) is 0 Å². The van der Waals surface area contributed by atoms with Gasteiger partial charge in [0.15, 0.2) is 5.82 Å². The van der Waals surface area contributed by atoms with Crippen molar-refractivity contribution in [1.82, 2.24) is 30.0 Å². The van der Waals surface area contributed by atoms with E-state index in [1.54, 1.807) is 13.0 Å². The number of nitrogens with zero attached hydrogens (tertiary/aromatic N) is 6. The van der Waals surface area contributed by atoms with Crippen LogP contribution in [0, 0.1) is 15.9 Å². The van der Waals surface area contributed by atoms with E-state index in [1.165, 1.54) is 23.4 Å². The maximum absolute atomic E-state index is 13.6. The lowest BCUT2D eigenvalue weighted by atomic mass is 10.2. The monoisotopic (exact) mass is 450 g/mol. The summed E-state index contributed by atoms with van der Waals surface area (Å²) in [5.41, 5.74) is -0.724. The van der Waals surface area contributed by atoms with Crippen molar-refractivity contribution >= 4 is 33.3 Å². The molecule has 0 fully saturated rings. The number of amides is 2. The van der Waals surface area contributed by atoms with Crippen molar-refractivity contribution in [2.45, 2.75) is 13.0 Å². The van der Waals surface area contributed by atoms with Gasteiger partial charge in [0.05, 0.1) is 16.7 Å². The van der Waals surface area contributed by atoms with Gasteiger partial charge in [-0.2, -0.15) is 14.2 Å². The van der Waals surface area contributed by atoms with Crippen LogP contribution in [0.5, 0.6) is 0 Å². The number of carbonyl (C=O) groups is 1. The molecule has 0 radical (unpaired) electrons. The van der Waals surface area contributed by atoms with Crippen LogP contribution in [0.25, 0.3) is 5.95 Å². The van der Waals surface area contributed by atoms with E-state index in [-0.39, 0.29) is 16.1 Å². The standard InChI is InChI=1S/C15H12BrFN8O3/c1-8(13-20-7-21-24(13)14-18-3-2-4-19-14)22-15(26)23-11-6-12(25(27)28)10(17)5-9(11)16/h2-8H,1H3,(H2,22,23,26)/t8-/m0/s1. The molecule has 0 aliphatic rings. The third-order valence-corrected chi connectivity index (χ3v) is 4.19. The first-order valence-electron chi connectivity index (χ1n) is 7.75. The second kappa shape index (κ2) is 8.04. The Kier molecular flexibility index (Phi) is 5.54. The zero-order chi connectivity index (χ0) is 20.3. The Labute approximate surface area is 165 Å². The molecule has 0 saturated carbocycles. The van der Waals surface area contributed by atoms with Gasteiger partial charge in [-0.3, -0.25) is 10.1 Å². The van der Waals surface area contributed by atoms with E-state index in [4.69, 9.17) is 0 Å². The number of halogens is 2. The summed E-state index contributed by atoms with van der Waals surface area (Å²) in [7, 11) is 0. The fourth-order valence-corrected chi connectivity index (χ4v) is 2.71. The van der Waals surface area contributed by atoms with Gasteiger partial charge in [0, 0.05) is 22.9 Å². The zero-order valence-electron chi connectivity index (χ0n) is 14.2. The number of hydrogen-bond acceptors (Lipinski definition) is 7. The minimum atomic E-state index is -1.02. The summed E-state index contributed by atoms with van der Waals surface area (Å²) in [6.45, 7) is 1.66. The van der Waals surface area contributed by atoms with Crippen molar-refractivity contribution < 1.29 is 14.1 Å². The van der Waals surface area contributed by atoms with Crippen LogP contribution in [-0.4, -0.2) is 35.7 Å². The molecule has 28 heavy (non-hydrogen) atoms. The Hall–Kier alpha value is -3.48. The lowest BCUT2D eigenvalue weighted by molar-refractivity contribution is -0.387. The van der Waals surface area contributed by atoms with Gasteiger partial charge in [0.1, 0.15) is 6.33 Å². The normalized spacial score (nSPS) is 11.7. The predicted molar refractivity (Wildman–Crippen MR) is 98.3 cm³/mol. The number of hydrogen-bond donors (Lipinski definition) is 2. The van der Waals surface area contributed by atoms with Gasteiger partial charge in [0.2, 0.25) is 5.82 Å². The molecule has 0 unspecified atom stereocenters. The zero-order valence-corrected chi connectivity index (χ0v) is 15.8. The number of nitro benzene ring substituents is 1. The Morgan fingerprint density at radius 1 is 1.32 bits per heavy atom. The fourth-order valence-electron chi connectivity index (χ4n) is 2.29. The summed E-state index contributed by atoms with van der Waals surface area (Å²) in [4.78, 5) is 34.5. The van der Waals surface area contributed by atoms with E-state index >= 15 is 0 Å². The van der Waals surface area contributed by atoms with Crippen molar-refractivity contribution in [2.75, 3.05) is 5.32 Å². The topological polar surface area (TPSA) is 141 Å². The average molecular weight is 451 g/mol. The Morgan fingerprint density at radius 2 is 2.04 bits per heavy atom. The highest BCUT2D eigenvalue weighted by atomic mass is 79.9. The molecule has 0 saturated heterocycles. The van der Waals surface area contributed by atoms with E-state index in [2.05, 4.69) is 46.6 Å². The summed E-state index contributed by atoms with van der Waals surface area (Å²) < 4.78 is 15.1. The predicted octanol–water partition coefficient (Wildman–Crippen LogP) is 2.75. The molecule has 2 amide bonds. The van der Waals surface area contributed by atoms with Crippen molar-refractivity contribution in [3.8, 4) is 5.95 Å². The molecule has 2 aromatic heterocycles. The first-order valence-corrected chi connectivity index (χ1v) is 8.54. The van der Waals surface area contributed by atoms with Crippen LogP contribution in [0.15, 0.2) is 41.4 Å². The number of nitrogens with one attached hydrogen (secondary N) is 2. The van der Waals surface area contributed by atoms with E-state index in [0.29, 0.717) is 5.82 Å². The van der Waals surface area contributed by atoms with Crippen LogP contribution in [0.1, 0.15) is 18.8 Å². The molecule has 2 N–H and O–H groups in total. The molecular weight excluding hydrogens is 439 g/mol. The Morgan fingerprint density at radius 3 is 2.71 bits per heavy atom. The van der Waals surface area contributed by atoms with Crippen molar-refractivity contribution in [1.29, 1.82) is 0 Å². The lowest BCUT2D eigenvalue weighted by Gasteiger charge is -2.15. The Bertz CT molecular complexity index is 1030. The first kappa shape index (κ1) is 19.3. The summed E-state index contributed by atoms with van der Waals surface area (Å²) in [6, 6.07) is 2.18. The van der Waals surface area contributed by atoms with Gasteiger partial charge in [-0.15, -0.1) is 0 Å². The first-order chi connectivity index (χ1) is 13.4. The van der Waals surface area contributed by atoms with Gasteiger partial charge in [-0.05, 0) is 35.0 Å². The SMILES string of the molecule is C[C@H](NC(=O)Nc1cc([N+](=O)[O-])c(F)cc1Br)c1ncnn1-c1ncccn1. The summed E-state index contributed by atoms with van der Waals surface area (Å²) in [5, 5.41) is 20.0. The molecule has 0 aliphatic heterocycles. The highest BCUT2D eigenvalue weighted by Crippen LogP contribution is 2.30. The molecule has 1 aromatic carbocycles. The number of benzene rings is 1. The van der Waals surface area contributed by atoms with Crippen LogP contribution in [0.3, 0.4) is 0 Å². The van der Waals surface area contributed by atoms with Crippen LogP contribution in [0.4, 0.5) is 20.6 Å². The lowest BCUT2D eigenvalue weighted by Crippen LogP contribution is -2.33. The molecule has 2 heterocycles. The van der Waals surface area contributed by atoms with E-state index < -0.39 is 28.5 Å². The van der Waals surface area contributed by atoms with Crippen molar-refractivity contribution in [3.05, 3.63) is 63.1 Å². The van der Waals surface area contributed by atoms with E-state index in [1.807, 2.05) is 0 Å². The molecule has 0 bridgehead atoms. The molecule has 13 heteroatoms. The third-order valence-electron chi connectivity index (χ3n) is 3.53. The maximum Gasteiger partial charge on any atom is 0.319 e. The molecule has 3 rings (SSSR count). The van der Waals surface area contributed by atoms with Gasteiger partial charge < -0.3 is 10.6 Å². The highest BCUT2D eigenvalue weighted by Gasteiger charge is 2.21. The third kappa shape index (κ3) is 4.09. The number of rotatable bonds is 5. The molecule has 3 aromatic rings. The van der Waals surface area contributed by atoms with Crippen LogP contribution >= 0.6 is 15.9 Å².